The van der Waals surface area contributed by atoms with Crippen LogP contribution in [0.15, 0.2) is 34.8 Å². The van der Waals surface area contributed by atoms with Gasteiger partial charge in [-0.25, -0.2) is 4.79 Å². The fourth-order valence-electron chi connectivity index (χ4n) is 3.05. The average molecular weight is 393 g/mol. The molecule has 1 saturated heterocycles. The van der Waals surface area contributed by atoms with Crippen molar-refractivity contribution in [3.05, 3.63) is 40.4 Å². The van der Waals surface area contributed by atoms with Crippen molar-refractivity contribution in [3.63, 3.8) is 0 Å². The molecular weight excluding hydrogens is 372 g/mol. The van der Waals surface area contributed by atoms with E-state index in [1.54, 1.807) is 11.0 Å². The maximum atomic E-state index is 11.8. The van der Waals surface area contributed by atoms with E-state index >= 15 is 0 Å². The summed E-state index contributed by atoms with van der Waals surface area (Å²) in [5.74, 6) is 0.317. The zero-order valence-corrected chi connectivity index (χ0v) is 15.3. The number of carbonyl (C=O) groups excluding carboxylic acids is 1. The van der Waals surface area contributed by atoms with Gasteiger partial charge in [-0.3, -0.25) is 4.90 Å². The topological polar surface area (TPSA) is 53.0 Å². The maximum Gasteiger partial charge on any atom is 0.409 e. The van der Waals surface area contributed by atoms with Crippen molar-refractivity contribution in [1.82, 2.24) is 9.80 Å². The second-order valence-electron chi connectivity index (χ2n) is 5.89. The zero-order valence-electron chi connectivity index (χ0n) is 13.7. The normalized spacial score (nSPS) is 15.7. The molecule has 0 atom stereocenters. The van der Waals surface area contributed by atoms with Crippen molar-refractivity contribution < 1.29 is 14.6 Å². The van der Waals surface area contributed by atoms with E-state index in [9.17, 15) is 9.90 Å². The largest absolute Gasteiger partial charge is 0.508 e. The molecule has 1 aliphatic rings. The van der Waals surface area contributed by atoms with Crippen LogP contribution in [0.5, 0.6) is 5.75 Å². The molecule has 0 radical (unpaired) electrons. The first-order chi connectivity index (χ1) is 11.6. The van der Waals surface area contributed by atoms with Gasteiger partial charge in [-0.2, -0.15) is 0 Å². The van der Waals surface area contributed by atoms with E-state index in [-0.39, 0.29) is 6.09 Å². The quantitative estimate of drug-likeness (QED) is 0.866. The van der Waals surface area contributed by atoms with Crippen LogP contribution in [-0.4, -0.2) is 53.8 Å². The summed E-state index contributed by atoms with van der Waals surface area (Å²) in [4.78, 5) is 15.8. The number of ether oxygens (including phenoxy) is 1. The molecule has 1 fully saturated rings. The van der Waals surface area contributed by atoms with Gasteiger partial charge in [0.15, 0.2) is 0 Å². The lowest BCUT2D eigenvalue weighted by molar-refractivity contribution is 0.0777. The van der Waals surface area contributed by atoms with E-state index in [1.165, 1.54) is 0 Å². The minimum atomic E-state index is -0.241. The number of piperazine rings is 1. The highest BCUT2D eigenvalue weighted by molar-refractivity contribution is 9.10. The Morgan fingerprint density at radius 2 is 1.96 bits per heavy atom. The SMILES string of the molecule is CCOC(=O)N1CCN(Cc2c(O)ccc3cc(Br)ccc23)CC1. The van der Waals surface area contributed by atoms with E-state index in [4.69, 9.17) is 4.74 Å². The van der Waals surface area contributed by atoms with Crippen LogP contribution in [0.3, 0.4) is 0 Å². The highest BCUT2D eigenvalue weighted by Crippen LogP contribution is 2.30. The van der Waals surface area contributed by atoms with Crippen LogP contribution < -0.4 is 0 Å². The fraction of sp³-hybridized carbons (Fsp3) is 0.389. The van der Waals surface area contributed by atoms with Crippen LogP contribution in [0, 0.1) is 0 Å². The summed E-state index contributed by atoms with van der Waals surface area (Å²) in [5, 5.41) is 12.5. The van der Waals surface area contributed by atoms with Crippen molar-refractivity contribution in [2.24, 2.45) is 0 Å². The Labute approximate surface area is 149 Å². The molecule has 1 heterocycles. The smallest absolute Gasteiger partial charge is 0.409 e. The van der Waals surface area contributed by atoms with Crippen molar-refractivity contribution in [1.29, 1.82) is 0 Å². The monoisotopic (exact) mass is 392 g/mol. The second kappa shape index (κ2) is 7.40. The predicted octanol–water partition coefficient (Wildman–Crippen LogP) is 3.58. The van der Waals surface area contributed by atoms with Gasteiger partial charge in [0.05, 0.1) is 6.61 Å². The number of phenolic OH excluding ortho intramolecular Hbond substituents is 1. The third-order valence-corrected chi connectivity index (χ3v) is 4.84. The Kier molecular flexibility index (Phi) is 5.26. The van der Waals surface area contributed by atoms with Crippen LogP contribution in [0.25, 0.3) is 10.8 Å². The molecular formula is C18H21BrN2O3. The molecule has 3 rings (SSSR count). The lowest BCUT2D eigenvalue weighted by Crippen LogP contribution is -2.48. The van der Waals surface area contributed by atoms with Crippen molar-refractivity contribution in [3.8, 4) is 5.75 Å². The molecule has 1 amide bonds. The summed E-state index contributed by atoms with van der Waals surface area (Å²) in [6.07, 6.45) is -0.241. The number of benzene rings is 2. The summed E-state index contributed by atoms with van der Waals surface area (Å²) in [7, 11) is 0. The highest BCUT2D eigenvalue weighted by Gasteiger charge is 2.23. The number of rotatable bonds is 3. The predicted molar refractivity (Wildman–Crippen MR) is 97.2 cm³/mol. The molecule has 2 aromatic rings. The van der Waals surface area contributed by atoms with Crippen LogP contribution in [0.2, 0.25) is 0 Å². The molecule has 0 aliphatic carbocycles. The van der Waals surface area contributed by atoms with Crippen molar-refractivity contribution in [2.75, 3.05) is 32.8 Å². The third-order valence-electron chi connectivity index (χ3n) is 4.35. The minimum Gasteiger partial charge on any atom is -0.508 e. The molecule has 0 unspecified atom stereocenters. The first-order valence-corrected chi connectivity index (χ1v) is 8.92. The van der Waals surface area contributed by atoms with Gasteiger partial charge < -0.3 is 14.7 Å². The Hall–Kier alpha value is -1.79. The first-order valence-electron chi connectivity index (χ1n) is 8.12. The molecule has 0 saturated carbocycles. The van der Waals surface area contributed by atoms with Gasteiger partial charge >= 0.3 is 6.09 Å². The van der Waals surface area contributed by atoms with E-state index in [1.807, 2.05) is 25.1 Å². The first kappa shape index (κ1) is 17.0. The zero-order chi connectivity index (χ0) is 17.1. The molecule has 0 aromatic heterocycles. The van der Waals surface area contributed by atoms with Gasteiger partial charge in [0.25, 0.3) is 0 Å². The van der Waals surface area contributed by atoms with Gasteiger partial charge in [-0.05, 0) is 35.9 Å². The number of hydrogen-bond donors (Lipinski definition) is 1. The Morgan fingerprint density at radius 3 is 2.67 bits per heavy atom. The Morgan fingerprint density at radius 1 is 1.21 bits per heavy atom. The average Bonchev–Trinajstić information content (AvgIpc) is 2.58. The molecule has 1 N–H and O–H groups in total. The number of aromatic hydroxyl groups is 1. The molecule has 2 aromatic carbocycles. The van der Waals surface area contributed by atoms with E-state index in [2.05, 4.69) is 26.9 Å². The lowest BCUT2D eigenvalue weighted by Gasteiger charge is -2.34. The summed E-state index contributed by atoms with van der Waals surface area (Å²) >= 11 is 3.48. The van der Waals surface area contributed by atoms with Crippen molar-refractivity contribution in [2.45, 2.75) is 13.5 Å². The van der Waals surface area contributed by atoms with E-state index < -0.39 is 0 Å². The third kappa shape index (κ3) is 3.65. The fourth-order valence-corrected chi connectivity index (χ4v) is 3.43. The van der Waals surface area contributed by atoms with Crippen LogP contribution >= 0.6 is 15.9 Å². The molecule has 24 heavy (non-hydrogen) atoms. The lowest BCUT2D eigenvalue weighted by atomic mass is 10.0. The summed E-state index contributed by atoms with van der Waals surface area (Å²) in [6.45, 7) is 5.72. The van der Waals surface area contributed by atoms with Gasteiger partial charge in [0, 0.05) is 42.8 Å². The van der Waals surface area contributed by atoms with Gasteiger partial charge in [0.2, 0.25) is 0 Å². The molecule has 128 valence electrons. The minimum absolute atomic E-state index is 0.241. The number of fused-ring (bicyclic) bond motifs is 1. The number of phenols is 1. The number of carbonyl (C=O) groups is 1. The number of amides is 1. The van der Waals surface area contributed by atoms with Gasteiger partial charge in [0.1, 0.15) is 5.75 Å². The maximum absolute atomic E-state index is 11.8. The van der Waals surface area contributed by atoms with E-state index in [0.29, 0.717) is 32.0 Å². The molecule has 0 bridgehead atoms. The number of hydrogen-bond acceptors (Lipinski definition) is 4. The second-order valence-corrected chi connectivity index (χ2v) is 6.81. The van der Waals surface area contributed by atoms with Crippen molar-refractivity contribution >= 4 is 32.8 Å². The highest BCUT2D eigenvalue weighted by atomic mass is 79.9. The van der Waals surface area contributed by atoms with Gasteiger partial charge in [-0.1, -0.05) is 28.1 Å². The summed E-state index contributed by atoms with van der Waals surface area (Å²) in [6, 6.07) is 9.75. The summed E-state index contributed by atoms with van der Waals surface area (Å²) in [5.41, 5.74) is 0.935. The Bertz CT molecular complexity index is 742. The molecule has 1 aliphatic heterocycles. The Balaban J connectivity index is 1.72. The standard InChI is InChI=1S/C18H21BrN2O3/c1-2-24-18(23)21-9-7-20(8-10-21)12-16-15-5-4-14(19)11-13(15)3-6-17(16)22/h3-6,11,22H,2,7-10,12H2,1H3. The summed E-state index contributed by atoms with van der Waals surface area (Å²) < 4.78 is 6.07. The molecule has 0 spiro atoms. The van der Waals surface area contributed by atoms with Crippen LogP contribution in [0.1, 0.15) is 12.5 Å². The number of nitrogens with zero attached hydrogens (tertiary/aromatic N) is 2. The van der Waals surface area contributed by atoms with E-state index in [0.717, 1.165) is 33.9 Å². The van der Waals surface area contributed by atoms with Crippen LogP contribution in [-0.2, 0) is 11.3 Å². The van der Waals surface area contributed by atoms with Crippen LogP contribution in [0.4, 0.5) is 4.79 Å². The van der Waals surface area contributed by atoms with Gasteiger partial charge in [-0.15, -0.1) is 0 Å². The molecule has 6 heteroatoms. The number of halogens is 1. The molecule has 5 nitrogen and oxygen atoms in total.